The predicted molar refractivity (Wildman–Crippen MR) is 119 cm³/mol. The Bertz CT molecular complexity index is 1060. The van der Waals surface area contributed by atoms with Crippen LogP contribution in [0.3, 0.4) is 0 Å². The number of nitrogens with zero attached hydrogens (tertiary/aromatic N) is 2. The second-order valence-corrected chi connectivity index (χ2v) is 7.75. The summed E-state index contributed by atoms with van der Waals surface area (Å²) in [6.07, 6.45) is 0.388. The van der Waals surface area contributed by atoms with Crippen LogP contribution >= 0.6 is 0 Å². The van der Waals surface area contributed by atoms with Gasteiger partial charge in [-0.25, -0.2) is 4.98 Å². The van der Waals surface area contributed by atoms with E-state index in [4.69, 9.17) is 9.84 Å². The highest BCUT2D eigenvalue weighted by Gasteiger charge is 2.30. The number of halogens is 3. The topological polar surface area (TPSA) is 64.4 Å². The monoisotopic (exact) mass is 460 g/mol. The number of ether oxygens (including phenoxy) is 1. The predicted octanol–water partition coefficient (Wildman–Crippen LogP) is 6.20. The third kappa shape index (κ3) is 6.60. The highest BCUT2D eigenvalue weighted by atomic mass is 19.4. The van der Waals surface area contributed by atoms with Crippen molar-refractivity contribution in [1.82, 2.24) is 9.55 Å². The second-order valence-electron chi connectivity index (χ2n) is 7.75. The van der Waals surface area contributed by atoms with E-state index in [1.807, 2.05) is 35.8 Å². The van der Waals surface area contributed by atoms with Gasteiger partial charge in [0.2, 0.25) is 0 Å². The Morgan fingerprint density at radius 2 is 1.79 bits per heavy atom. The number of para-hydroxylation sites is 1. The maximum Gasteiger partial charge on any atom is 0.416 e. The van der Waals surface area contributed by atoms with Crippen molar-refractivity contribution < 1.29 is 27.8 Å². The minimum atomic E-state index is -4.38. The summed E-state index contributed by atoms with van der Waals surface area (Å²) in [6, 6.07) is 12.7. The summed E-state index contributed by atoms with van der Waals surface area (Å²) in [4.78, 5) is 15.1. The molecule has 0 bridgehead atoms. The van der Waals surface area contributed by atoms with Crippen LogP contribution in [-0.2, 0) is 23.9 Å². The molecule has 0 amide bonds. The van der Waals surface area contributed by atoms with E-state index in [1.54, 1.807) is 6.20 Å². The first kappa shape index (κ1) is 24.4. The molecule has 0 fully saturated rings. The van der Waals surface area contributed by atoms with Crippen molar-refractivity contribution in [2.75, 3.05) is 6.61 Å². The van der Waals surface area contributed by atoms with E-state index >= 15 is 0 Å². The summed E-state index contributed by atoms with van der Waals surface area (Å²) in [5.74, 6) is 0.533. The average molecular weight is 460 g/mol. The molecule has 3 rings (SSSR count). The molecule has 1 aromatic heterocycles. The first-order valence-electron chi connectivity index (χ1n) is 10.9. The second kappa shape index (κ2) is 11.0. The van der Waals surface area contributed by atoms with E-state index in [0.717, 1.165) is 48.4 Å². The molecule has 33 heavy (non-hydrogen) atoms. The SMILES string of the molecule is CCc1cnc(-c2ccc(C(F)(F)F)cc2)n1Cc1ccccc1OCCCCCC(=O)O. The molecule has 1 heterocycles. The van der Waals surface area contributed by atoms with Crippen molar-refractivity contribution in [3.63, 3.8) is 0 Å². The quantitative estimate of drug-likeness (QED) is 0.346. The Hall–Kier alpha value is -3.29. The minimum absolute atomic E-state index is 0.156. The highest BCUT2D eigenvalue weighted by molar-refractivity contribution is 5.66. The molecule has 5 nitrogen and oxygen atoms in total. The Balaban J connectivity index is 1.76. The number of aliphatic carboxylic acids is 1. The summed E-state index contributed by atoms with van der Waals surface area (Å²) in [6.45, 7) is 2.95. The van der Waals surface area contributed by atoms with Gasteiger partial charge in [0.25, 0.3) is 0 Å². The summed E-state index contributed by atoms with van der Waals surface area (Å²) in [5, 5.41) is 8.71. The molecule has 3 aromatic rings. The molecule has 0 unspecified atom stereocenters. The van der Waals surface area contributed by atoms with E-state index in [-0.39, 0.29) is 6.42 Å². The van der Waals surface area contributed by atoms with Gasteiger partial charge in [-0.05, 0) is 43.9 Å². The van der Waals surface area contributed by atoms with Crippen molar-refractivity contribution in [1.29, 1.82) is 0 Å². The lowest BCUT2D eigenvalue weighted by Crippen LogP contribution is -2.09. The van der Waals surface area contributed by atoms with Crippen LogP contribution in [0.25, 0.3) is 11.4 Å². The maximum absolute atomic E-state index is 12.9. The minimum Gasteiger partial charge on any atom is -0.493 e. The van der Waals surface area contributed by atoms with Gasteiger partial charge in [0, 0.05) is 29.4 Å². The highest BCUT2D eigenvalue weighted by Crippen LogP contribution is 2.31. The Kier molecular flexibility index (Phi) is 8.14. The van der Waals surface area contributed by atoms with E-state index in [9.17, 15) is 18.0 Å². The van der Waals surface area contributed by atoms with Crippen LogP contribution in [-0.4, -0.2) is 27.2 Å². The Morgan fingerprint density at radius 3 is 2.45 bits per heavy atom. The molecule has 0 saturated heterocycles. The van der Waals surface area contributed by atoms with Gasteiger partial charge in [0.05, 0.1) is 18.7 Å². The number of carboxylic acid groups (broad SMARTS) is 1. The van der Waals surface area contributed by atoms with E-state index in [2.05, 4.69) is 4.98 Å². The molecule has 1 N–H and O–H groups in total. The normalized spacial score (nSPS) is 11.5. The third-order valence-corrected chi connectivity index (χ3v) is 5.36. The standard InChI is InChI=1S/C25H27F3N2O3/c1-2-21-16-29-24(18-11-13-20(14-12-18)25(26,27)28)30(21)17-19-8-5-6-9-22(19)33-15-7-3-4-10-23(31)32/h5-6,8-9,11-14,16H,2-4,7,10,15,17H2,1H3,(H,31,32). The number of aryl methyl sites for hydroxylation is 1. The van der Waals surface area contributed by atoms with Crippen molar-refractivity contribution in [2.24, 2.45) is 0 Å². The Labute approximate surface area is 190 Å². The van der Waals surface area contributed by atoms with Crippen LogP contribution in [0.4, 0.5) is 13.2 Å². The average Bonchev–Trinajstić information content (AvgIpc) is 3.19. The summed E-state index contributed by atoms with van der Waals surface area (Å²) >= 11 is 0. The molecule has 0 saturated carbocycles. The fourth-order valence-corrected chi connectivity index (χ4v) is 3.59. The number of carbonyl (C=O) groups is 1. The van der Waals surface area contributed by atoms with Crippen molar-refractivity contribution in [3.8, 4) is 17.1 Å². The zero-order valence-corrected chi connectivity index (χ0v) is 18.4. The molecule has 0 aliphatic heterocycles. The maximum atomic E-state index is 12.9. The Morgan fingerprint density at radius 1 is 1.06 bits per heavy atom. The number of rotatable bonds is 11. The van der Waals surface area contributed by atoms with Gasteiger partial charge < -0.3 is 14.4 Å². The van der Waals surface area contributed by atoms with Crippen molar-refractivity contribution in [3.05, 3.63) is 71.5 Å². The third-order valence-electron chi connectivity index (χ3n) is 5.36. The van der Waals surface area contributed by atoms with E-state index < -0.39 is 17.7 Å². The lowest BCUT2D eigenvalue weighted by Gasteiger charge is -2.16. The van der Waals surface area contributed by atoms with Gasteiger partial charge in [-0.2, -0.15) is 13.2 Å². The first-order chi connectivity index (χ1) is 15.8. The molecule has 8 heteroatoms. The molecule has 0 atom stereocenters. The lowest BCUT2D eigenvalue weighted by atomic mass is 10.1. The lowest BCUT2D eigenvalue weighted by molar-refractivity contribution is -0.138. The van der Waals surface area contributed by atoms with Crippen LogP contribution in [0.2, 0.25) is 0 Å². The summed E-state index contributed by atoms with van der Waals surface area (Å²) < 4.78 is 46.8. The molecular formula is C25H27F3N2O3. The molecule has 176 valence electrons. The number of carboxylic acids is 1. The van der Waals surface area contributed by atoms with Gasteiger partial charge in [0.15, 0.2) is 0 Å². The van der Waals surface area contributed by atoms with Gasteiger partial charge in [-0.3, -0.25) is 4.79 Å². The van der Waals surface area contributed by atoms with Crippen LogP contribution in [0.15, 0.2) is 54.7 Å². The number of aromatic nitrogens is 2. The van der Waals surface area contributed by atoms with Gasteiger partial charge in [0.1, 0.15) is 11.6 Å². The van der Waals surface area contributed by atoms with Crippen LogP contribution < -0.4 is 4.74 Å². The number of hydrogen-bond donors (Lipinski definition) is 1. The van der Waals surface area contributed by atoms with Crippen LogP contribution in [0.1, 0.15) is 49.4 Å². The first-order valence-corrected chi connectivity index (χ1v) is 10.9. The molecular weight excluding hydrogens is 433 g/mol. The van der Waals surface area contributed by atoms with Crippen LogP contribution in [0, 0.1) is 0 Å². The van der Waals surface area contributed by atoms with Gasteiger partial charge >= 0.3 is 12.1 Å². The number of alkyl halides is 3. The number of benzene rings is 2. The molecule has 2 aromatic carbocycles. The summed E-state index contributed by atoms with van der Waals surface area (Å²) in [7, 11) is 0. The molecule has 0 spiro atoms. The zero-order valence-electron chi connectivity index (χ0n) is 18.4. The fraction of sp³-hybridized carbons (Fsp3) is 0.360. The van der Waals surface area contributed by atoms with Gasteiger partial charge in [-0.15, -0.1) is 0 Å². The molecule has 0 radical (unpaired) electrons. The number of imidazole rings is 1. The van der Waals surface area contributed by atoms with Crippen LogP contribution in [0.5, 0.6) is 5.75 Å². The fourth-order valence-electron chi connectivity index (χ4n) is 3.59. The molecule has 0 aliphatic rings. The van der Waals surface area contributed by atoms with Crippen molar-refractivity contribution >= 4 is 5.97 Å². The van der Waals surface area contributed by atoms with E-state index in [1.165, 1.54) is 12.1 Å². The molecule has 0 aliphatic carbocycles. The zero-order chi connectivity index (χ0) is 23.8. The van der Waals surface area contributed by atoms with E-state index in [0.29, 0.717) is 31.0 Å². The number of hydrogen-bond acceptors (Lipinski definition) is 3. The largest absolute Gasteiger partial charge is 0.493 e. The van der Waals surface area contributed by atoms with Gasteiger partial charge in [-0.1, -0.05) is 37.3 Å². The van der Waals surface area contributed by atoms with Crippen molar-refractivity contribution in [2.45, 2.75) is 51.7 Å². The summed E-state index contributed by atoms with van der Waals surface area (Å²) in [5.41, 5.74) is 1.82. The smallest absolute Gasteiger partial charge is 0.416 e. The number of unbranched alkanes of at least 4 members (excludes halogenated alkanes) is 2.